The van der Waals surface area contributed by atoms with E-state index in [1.807, 2.05) is 24.3 Å². The second-order valence-electron chi connectivity index (χ2n) is 5.53. The van der Waals surface area contributed by atoms with Gasteiger partial charge in [-0.25, -0.2) is 0 Å². The van der Waals surface area contributed by atoms with Crippen LogP contribution in [-0.2, 0) is 6.54 Å². The molecule has 0 bridgehead atoms. The molecule has 25 heavy (non-hydrogen) atoms. The monoisotopic (exact) mass is 361 g/mol. The zero-order valence-corrected chi connectivity index (χ0v) is 14.9. The van der Waals surface area contributed by atoms with Crippen molar-refractivity contribution < 1.29 is 9.72 Å². The molecule has 0 heterocycles. The lowest BCUT2D eigenvalue weighted by Gasteiger charge is -2.18. The van der Waals surface area contributed by atoms with Crippen molar-refractivity contribution in [3.8, 4) is 0 Å². The van der Waals surface area contributed by atoms with Crippen LogP contribution in [0.25, 0.3) is 0 Å². The van der Waals surface area contributed by atoms with E-state index in [0.29, 0.717) is 5.69 Å². The molecule has 0 aliphatic carbocycles. The van der Waals surface area contributed by atoms with Gasteiger partial charge in [-0.05, 0) is 36.9 Å². The van der Waals surface area contributed by atoms with Crippen molar-refractivity contribution in [3.63, 3.8) is 0 Å². The zero-order valence-electron chi connectivity index (χ0n) is 14.2. The number of benzene rings is 2. The van der Waals surface area contributed by atoms with E-state index in [-0.39, 0.29) is 16.3 Å². The molecule has 1 amide bonds. The van der Waals surface area contributed by atoms with E-state index >= 15 is 0 Å². The lowest BCUT2D eigenvalue weighted by molar-refractivity contribution is -0.384. The van der Waals surface area contributed by atoms with E-state index in [0.717, 1.165) is 25.2 Å². The average Bonchev–Trinajstić information content (AvgIpc) is 2.61. The number of anilines is 1. The molecule has 0 radical (unpaired) electrons. The molecule has 2 aromatic carbocycles. The molecule has 0 spiro atoms. The Kier molecular flexibility index (Phi) is 6.50. The van der Waals surface area contributed by atoms with Crippen molar-refractivity contribution in [2.45, 2.75) is 20.4 Å². The van der Waals surface area contributed by atoms with Crippen LogP contribution >= 0.6 is 11.6 Å². The Morgan fingerprint density at radius 3 is 2.36 bits per heavy atom. The Balaban J connectivity index is 2.10. The summed E-state index contributed by atoms with van der Waals surface area (Å²) in [5.74, 6) is -0.481. The molecule has 7 heteroatoms. The number of non-ortho nitro benzene ring substituents is 1. The second-order valence-corrected chi connectivity index (χ2v) is 5.94. The van der Waals surface area contributed by atoms with Gasteiger partial charge in [0.05, 0.1) is 15.5 Å². The van der Waals surface area contributed by atoms with Gasteiger partial charge in [-0.2, -0.15) is 0 Å². The molecular formula is C18H20ClN3O3. The lowest BCUT2D eigenvalue weighted by atomic mass is 10.1. The highest BCUT2D eigenvalue weighted by atomic mass is 35.5. The number of rotatable bonds is 7. The highest BCUT2D eigenvalue weighted by Crippen LogP contribution is 2.23. The third-order valence-corrected chi connectivity index (χ3v) is 4.25. The van der Waals surface area contributed by atoms with Crippen molar-refractivity contribution in [1.82, 2.24) is 4.90 Å². The topological polar surface area (TPSA) is 75.5 Å². The van der Waals surface area contributed by atoms with Crippen LogP contribution in [0.15, 0.2) is 42.5 Å². The number of carbonyl (C=O) groups excluding carboxylic acids is 1. The van der Waals surface area contributed by atoms with Crippen molar-refractivity contribution >= 4 is 28.9 Å². The Hall–Kier alpha value is -2.44. The molecule has 0 fully saturated rings. The predicted molar refractivity (Wildman–Crippen MR) is 99.1 cm³/mol. The number of nitrogens with one attached hydrogen (secondary N) is 1. The summed E-state index contributed by atoms with van der Waals surface area (Å²) in [7, 11) is 0. The van der Waals surface area contributed by atoms with Gasteiger partial charge in [-0.1, -0.05) is 37.6 Å². The molecule has 6 nitrogen and oxygen atoms in total. The number of nitro benzene ring substituents is 1. The van der Waals surface area contributed by atoms with Crippen molar-refractivity contribution in [1.29, 1.82) is 0 Å². The molecule has 0 atom stereocenters. The lowest BCUT2D eigenvalue weighted by Crippen LogP contribution is -2.22. The molecule has 0 saturated carbocycles. The summed E-state index contributed by atoms with van der Waals surface area (Å²) < 4.78 is 0. The van der Waals surface area contributed by atoms with Crippen LogP contribution in [0, 0.1) is 10.1 Å². The first-order valence-electron chi connectivity index (χ1n) is 8.01. The fourth-order valence-electron chi connectivity index (χ4n) is 2.40. The zero-order chi connectivity index (χ0) is 18.4. The van der Waals surface area contributed by atoms with Crippen molar-refractivity contribution in [3.05, 3.63) is 68.7 Å². The van der Waals surface area contributed by atoms with E-state index in [1.165, 1.54) is 18.2 Å². The molecule has 0 aliphatic rings. The van der Waals surface area contributed by atoms with Gasteiger partial charge >= 0.3 is 0 Å². The largest absolute Gasteiger partial charge is 0.322 e. The van der Waals surface area contributed by atoms with Crippen LogP contribution in [0.3, 0.4) is 0 Å². The SMILES string of the molecule is CCN(CC)Cc1ccc(NC(=O)c2cc([N+](=O)[O-])ccc2Cl)cc1. The Labute approximate surface area is 151 Å². The van der Waals surface area contributed by atoms with Gasteiger partial charge in [0.15, 0.2) is 0 Å². The molecule has 0 unspecified atom stereocenters. The number of halogens is 1. The number of hydrogen-bond donors (Lipinski definition) is 1. The number of amides is 1. The van der Waals surface area contributed by atoms with Crippen LogP contribution in [0.2, 0.25) is 5.02 Å². The number of carbonyl (C=O) groups is 1. The first-order chi connectivity index (χ1) is 11.9. The maximum atomic E-state index is 12.3. The Bertz CT molecular complexity index is 759. The van der Waals surface area contributed by atoms with Gasteiger partial charge in [0.1, 0.15) is 0 Å². The molecular weight excluding hydrogens is 342 g/mol. The van der Waals surface area contributed by atoms with Gasteiger partial charge in [-0.15, -0.1) is 0 Å². The van der Waals surface area contributed by atoms with Crippen LogP contribution < -0.4 is 5.32 Å². The molecule has 2 rings (SSSR count). The van der Waals surface area contributed by atoms with Crippen LogP contribution in [0.5, 0.6) is 0 Å². The number of nitro groups is 1. The molecule has 0 aliphatic heterocycles. The smallest absolute Gasteiger partial charge is 0.270 e. The van der Waals surface area contributed by atoms with E-state index in [1.54, 1.807) is 0 Å². The van der Waals surface area contributed by atoms with Crippen molar-refractivity contribution in [2.75, 3.05) is 18.4 Å². The molecule has 132 valence electrons. The summed E-state index contributed by atoms with van der Waals surface area (Å²) >= 11 is 5.99. The van der Waals surface area contributed by atoms with Crippen molar-refractivity contribution in [2.24, 2.45) is 0 Å². The maximum absolute atomic E-state index is 12.3. The number of nitrogens with zero attached hydrogens (tertiary/aromatic N) is 2. The summed E-state index contributed by atoms with van der Waals surface area (Å²) in [5.41, 5.74) is 1.65. The van der Waals surface area contributed by atoms with E-state index in [4.69, 9.17) is 11.6 Å². The highest BCUT2D eigenvalue weighted by molar-refractivity contribution is 6.34. The summed E-state index contributed by atoms with van der Waals surface area (Å²) in [6.07, 6.45) is 0. The third-order valence-electron chi connectivity index (χ3n) is 3.92. The van der Waals surface area contributed by atoms with E-state index in [9.17, 15) is 14.9 Å². The minimum absolute atomic E-state index is 0.0723. The normalized spacial score (nSPS) is 10.7. The third kappa shape index (κ3) is 5.01. The van der Waals surface area contributed by atoms with E-state index < -0.39 is 10.8 Å². The quantitative estimate of drug-likeness (QED) is 0.587. The minimum Gasteiger partial charge on any atom is -0.322 e. The highest BCUT2D eigenvalue weighted by Gasteiger charge is 2.16. The Morgan fingerprint density at radius 1 is 1.16 bits per heavy atom. The van der Waals surface area contributed by atoms with Crippen LogP contribution in [-0.4, -0.2) is 28.8 Å². The van der Waals surface area contributed by atoms with Crippen LogP contribution in [0.4, 0.5) is 11.4 Å². The van der Waals surface area contributed by atoms with E-state index in [2.05, 4.69) is 24.1 Å². The summed E-state index contributed by atoms with van der Waals surface area (Å²) in [6.45, 7) is 7.01. The standard InChI is InChI=1S/C18H20ClN3O3/c1-3-21(4-2)12-13-5-7-14(8-6-13)20-18(23)16-11-15(22(24)25)9-10-17(16)19/h5-11H,3-4,12H2,1-2H3,(H,20,23). The van der Waals surface area contributed by atoms with Gasteiger partial charge < -0.3 is 5.32 Å². The maximum Gasteiger partial charge on any atom is 0.270 e. The van der Waals surface area contributed by atoms with Crippen LogP contribution in [0.1, 0.15) is 29.8 Å². The molecule has 0 saturated heterocycles. The van der Waals surface area contributed by atoms with Gasteiger partial charge in [0, 0.05) is 24.4 Å². The summed E-state index contributed by atoms with van der Waals surface area (Å²) in [6, 6.07) is 11.3. The predicted octanol–water partition coefficient (Wildman–Crippen LogP) is 4.34. The summed E-state index contributed by atoms with van der Waals surface area (Å²) in [5, 5.41) is 13.7. The van der Waals surface area contributed by atoms with Gasteiger partial charge in [0.25, 0.3) is 11.6 Å². The first kappa shape index (κ1) is 18.9. The molecule has 2 aromatic rings. The average molecular weight is 362 g/mol. The minimum atomic E-state index is -0.560. The fourth-order valence-corrected chi connectivity index (χ4v) is 2.60. The fraction of sp³-hybridized carbons (Fsp3) is 0.278. The second kappa shape index (κ2) is 8.60. The Morgan fingerprint density at radius 2 is 1.80 bits per heavy atom. The molecule has 1 N–H and O–H groups in total. The first-order valence-corrected chi connectivity index (χ1v) is 8.39. The van der Waals surface area contributed by atoms with Gasteiger partial charge in [-0.3, -0.25) is 19.8 Å². The summed E-state index contributed by atoms with van der Waals surface area (Å²) in [4.78, 5) is 24.9. The van der Waals surface area contributed by atoms with Gasteiger partial charge in [0.2, 0.25) is 0 Å². The number of hydrogen-bond acceptors (Lipinski definition) is 4. The molecule has 0 aromatic heterocycles.